The third kappa shape index (κ3) is 5.33. The lowest BCUT2D eigenvalue weighted by molar-refractivity contribution is -0.124. The van der Waals surface area contributed by atoms with Gasteiger partial charge in [-0.1, -0.05) is 38.1 Å². The Morgan fingerprint density at radius 1 is 1.06 bits per heavy atom. The number of rotatable bonds is 7. The normalized spacial score (nSPS) is 12.3. The molecule has 0 fully saturated rings. The van der Waals surface area contributed by atoms with E-state index < -0.39 is 5.41 Å². The lowest BCUT2D eigenvalue weighted by atomic mass is 9.73. The predicted octanol–water partition coefficient (Wildman–Crippen LogP) is 6.51. The van der Waals surface area contributed by atoms with E-state index in [9.17, 15) is 14.0 Å². The Labute approximate surface area is 212 Å². The smallest absolute Gasteiger partial charge is 0.253 e. The molecule has 35 heavy (non-hydrogen) atoms. The second kappa shape index (κ2) is 10.1. The van der Waals surface area contributed by atoms with Crippen molar-refractivity contribution in [2.24, 2.45) is 5.41 Å². The van der Waals surface area contributed by atoms with Crippen molar-refractivity contribution in [2.45, 2.75) is 19.8 Å². The highest BCUT2D eigenvalue weighted by Crippen LogP contribution is 2.46. The minimum atomic E-state index is -0.899. The largest absolute Gasteiger partial charge is 0.345 e. The Bertz CT molecular complexity index is 1330. The van der Waals surface area contributed by atoms with Crippen LogP contribution in [0.15, 0.2) is 72.2 Å². The maximum atomic E-state index is 14.2. The maximum absolute atomic E-state index is 14.2. The number of nitrogens with zero attached hydrogens (tertiary/aromatic N) is 2. The quantitative estimate of drug-likeness (QED) is 0.310. The first-order valence-corrected chi connectivity index (χ1v) is 12.7. The van der Waals surface area contributed by atoms with Gasteiger partial charge in [-0.15, -0.1) is 22.7 Å². The number of amides is 2. The Hall–Kier alpha value is -3.36. The number of hydrogen-bond donors (Lipinski definition) is 1. The highest BCUT2D eigenvalue weighted by atomic mass is 32.1. The number of aromatic nitrogens is 1. The van der Waals surface area contributed by atoms with Gasteiger partial charge in [-0.2, -0.15) is 0 Å². The summed E-state index contributed by atoms with van der Waals surface area (Å²) in [6, 6.07) is 17.9. The van der Waals surface area contributed by atoms with Gasteiger partial charge >= 0.3 is 0 Å². The number of carbonyl (C=O) groups excluding carboxylic acids is 2. The molecular formula is C27H26FN3O2S2. The lowest BCUT2D eigenvalue weighted by Crippen LogP contribution is -2.36. The first-order chi connectivity index (χ1) is 16.7. The summed E-state index contributed by atoms with van der Waals surface area (Å²) in [6.07, 6.45) is 1.64. The molecular weight excluding hydrogens is 481 g/mol. The van der Waals surface area contributed by atoms with Gasteiger partial charge in [0.25, 0.3) is 5.91 Å². The average Bonchev–Trinajstić information content (AvgIpc) is 3.51. The fraction of sp³-hybridized carbons (Fsp3) is 0.222. The number of thiophene rings is 1. The number of thiazole rings is 1. The van der Waals surface area contributed by atoms with Gasteiger partial charge in [-0.3, -0.25) is 9.59 Å². The van der Waals surface area contributed by atoms with Gasteiger partial charge in [0.05, 0.1) is 5.41 Å². The van der Waals surface area contributed by atoms with Crippen LogP contribution in [-0.2, 0) is 4.79 Å². The Kier molecular flexibility index (Phi) is 7.14. The van der Waals surface area contributed by atoms with Gasteiger partial charge in [0, 0.05) is 46.9 Å². The number of anilines is 1. The van der Waals surface area contributed by atoms with Crippen molar-refractivity contribution in [1.29, 1.82) is 0 Å². The molecule has 0 bridgehead atoms. The fourth-order valence-corrected chi connectivity index (χ4v) is 5.85. The molecule has 2 aromatic carbocycles. The monoisotopic (exact) mass is 507 g/mol. The number of nitrogens with one attached hydrogen (secondary N) is 1. The van der Waals surface area contributed by atoms with Crippen LogP contribution in [0.4, 0.5) is 9.52 Å². The van der Waals surface area contributed by atoms with Crippen molar-refractivity contribution in [1.82, 2.24) is 9.88 Å². The van der Waals surface area contributed by atoms with Crippen molar-refractivity contribution in [3.05, 3.63) is 94.1 Å². The number of carbonyl (C=O) groups is 2. The molecule has 0 saturated carbocycles. The Morgan fingerprint density at radius 2 is 1.80 bits per heavy atom. The Morgan fingerprint density at radius 3 is 2.43 bits per heavy atom. The van der Waals surface area contributed by atoms with E-state index in [0.29, 0.717) is 10.7 Å². The van der Waals surface area contributed by atoms with Crippen molar-refractivity contribution in [2.75, 3.05) is 19.4 Å². The standard InChI is InChI=1S/C27H26FN3O2S2/c1-27(2,25(33)30-26-29-14-15-34-26)23(19-6-5-7-20(28)16-19)22-13-12-21(35-22)17-8-10-18(11-9-17)24(32)31(3)4/h5-16,23H,1-4H3,(H,29,30,33). The van der Waals surface area contributed by atoms with E-state index in [4.69, 9.17) is 0 Å². The second-order valence-corrected chi connectivity index (χ2v) is 11.0. The van der Waals surface area contributed by atoms with Gasteiger partial charge in [-0.05, 0) is 47.5 Å². The lowest BCUT2D eigenvalue weighted by Gasteiger charge is -2.32. The van der Waals surface area contributed by atoms with Crippen LogP contribution in [0.2, 0.25) is 0 Å². The SMILES string of the molecule is CN(C)C(=O)c1ccc(-c2ccc(C(c3cccc(F)c3)C(C)(C)C(=O)Nc3nccs3)s2)cc1. The first kappa shape index (κ1) is 24.8. The zero-order chi connectivity index (χ0) is 25.2. The van der Waals surface area contributed by atoms with Crippen LogP contribution in [0, 0.1) is 11.2 Å². The summed E-state index contributed by atoms with van der Waals surface area (Å²) >= 11 is 2.91. The summed E-state index contributed by atoms with van der Waals surface area (Å²) in [4.78, 5) is 33.2. The average molecular weight is 508 g/mol. The zero-order valence-corrected chi connectivity index (χ0v) is 21.5. The summed E-state index contributed by atoms with van der Waals surface area (Å²) in [5, 5.41) is 5.23. The molecule has 0 aliphatic heterocycles. The topological polar surface area (TPSA) is 62.3 Å². The van der Waals surface area contributed by atoms with Crippen LogP contribution in [0.25, 0.3) is 10.4 Å². The van der Waals surface area contributed by atoms with E-state index in [-0.39, 0.29) is 23.5 Å². The van der Waals surface area contributed by atoms with Crippen LogP contribution in [-0.4, -0.2) is 35.8 Å². The summed E-state index contributed by atoms with van der Waals surface area (Å²) in [5.41, 5.74) is 1.42. The molecule has 0 aliphatic rings. The summed E-state index contributed by atoms with van der Waals surface area (Å²) < 4.78 is 14.2. The summed E-state index contributed by atoms with van der Waals surface area (Å²) in [6.45, 7) is 3.74. The molecule has 0 radical (unpaired) electrons. The van der Waals surface area contributed by atoms with Crippen LogP contribution in [0.5, 0.6) is 0 Å². The molecule has 180 valence electrons. The molecule has 0 aliphatic carbocycles. The van der Waals surface area contributed by atoms with Crippen LogP contribution in [0.1, 0.15) is 40.6 Å². The fourth-order valence-electron chi connectivity index (χ4n) is 4.00. The molecule has 0 saturated heterocycles. The molecule has 2 heterocycles. The molecule has 2 amide bonds. The third-order valence-electron chi connectivity index (χ3n) is 5.88. The molecule has 1 N–H and O–H groups in total. The number of hydrogen-bond acceptors (Lipinski definition) is 5. The number of halogens is 1. The molecule has 5 nitrogen and oxygen atoms in total. The molecule has 8 heteroatoms. The second-order valence-electron chi connectivity index (χ2n) is 8.98. The van der Waals surface area contributed by atoms with E-state index in [1.54, 1.807) is 48.0 Å². The van der Waals surface area contributed by atoms with Gasteiger partial charge in [0.15, 0.2) is 5.13 Å². The predicted molar refractivity (Wildman–Crippen MR) is 141 cm³/mol. The molecule has 4 rings (SSSR count). The van der Waals surface area contributed by atoms with E-state index in [1.807, 2.05) is 56.3 Å². The number of benzene rings is 2. The molecule has 1 atom stereocenters. The minimum Gasteiger partial charge on any atom is -0.345 e. The zero-order valence-electron chi connectivity index (χ0n) is 19.9. The van der Waals surface area contributed by atoms with Crippen molar-refractivity contribution < 1.29 is 14.0 Å². The van der Waals surface area contributed by atoms with Crippen molar-refractivity contribution in [3.63, 3.8) is 0 Å². The van der Waals surface area contributed by atoms with Gasteiger partial charge in [0.1, 0.15) is 5.82 Å². The first-order valence-electron chi connectivity index (χ1n) is 11.0. The Balaban J connectivity index is 1.70. The van der Waals surface area contributed by atoms with Gasteiger partial charge < -0.3 is 10.2 Å². The highest BCUT2D eigenvalue weighted by molar-refractivity contribution is 7.15. The van der Waals surface area contributed by atoms with E-state index in [0.717, 1.165) is 20.9 Å². The van der Waals surface area contributed by atoms with Gasteiger partial charge in [0.2, 0.25) is 5.91 Å². The minimum absolute atomic E-state index is 0.0532. The van der Waals surface area contributed by atoms with Crippen LogP contribution < -0.4 is 5.32 Å². The maximum Gasteiger partial charge on any atom is 0.253 e. The van der Waals surface area contributed by atoms with E-state index in [1.165, 1.54) is 23.5 Å². The molecule has 2 aromatic heterocycles. The summed E-state index contributed by atoms with van der Waals surface area (Å²) in [5.74, 6) is -0.973. The van der Waals surface area contributed by atoms with E-state index in [2.05, 4.69) is 10.3 Å². The van der Waals surface area contributed by atoms with E-state index >= 15 is 0 Å². The van der Waals surface area contributed by atoms with Gasteiger partial charge in [-0.25, -0.2) is 9.37 Å². The van der Waals surface area contributed by atoms with Crippen molar-refractivity contribution >= 4 is 39.6 Å². The molecule has 4 aromatic rings. The molecule has 1 unspecified atom stereocenters. The van der Waals surface area contributed by atoms with Crippen LogP contribution in [0.3, 0.4) is 0 Å². The highest BCUT2D eigenvalue weighted by Gasteiger charge is 2.40. The van der Waals surface area contributed by atoms with Crippen molar-refractivity contribution in [3.8, 4) is 10.4 Å². The third-order valence-corrected chi connectivity index (χ3v) is 7.76. The van der Waals surface area contributed by atoms with Crippen LogP contribution >= 0.6 is 22.7 Å². The molecule has 0 spiro atoms. The summed E-state index contributed by atoms with van der Waals surface area (Å²) in [7, 11) is 3.45.